The summed E-state index contributed by atoms with van der Waals surface area (Å²) in [4.78, 5) is 0. The van der Waals surface area contributed by atoms with Crippen LogP contribution in [-0.4, -0.2) is 0 Å². The zero-order valence-corrected chi connectivity index (χ0v) is 6.61. The van der Waals surface area contributed by atoms with Gasteiger partial charge in [0.2, 0.25) is 0 Å². The fraction of sp³-hybridized carbons (Fsp3) is 0. The summed E-state index contributed by atoms with van der Waals surface area (Å²) < 4.78 is 1.16. The van der Waals surface area contributed by atoms with Crippen LogP contribution in [-0.2, 0) is 0 Å². The first-order valence-electron chi connectivity index (χ1n) is 3.27. The smallest absolute Gasteiger partial charge is 0.0506 e. The Hall–Kier alpha value is -1.26. The van der Waals surface area contributed by atoms with Crippen molar-refractivity contribution in [2.24, 2.45) is 0 Å². The maximum Gasteiger partial charge on any atom is 0.0506 e. The molecule has 0 amide bonds. The summed E-state index contributed by atoms with van der Waals surface area (Å²) in [6.45, 7) is 0. The summed E-state index contributed by atoms with van der Waals surface area (Å²) in [7, 11) is 0. The molecule has 0 fully saturated rings. The minimum atomic E-state index is 0.966. The molecule has 1 heterocycles. The molecule has 1 aromatic heterocycles. The average molecular weight is 157 g/mol. The second kappa shape index (κ2) is 2.41. The van der Waals surface area contributed by atoms with Crippen molar-refractivity contribution in [1.29, 1.82) is 0 Å². The summed E-state index contributed by atoms with van der Waals surface area (Å²) in [5.41, 5.74) is 0.966. The highest BCUT2D eigenvalue weighted by Gasteiger charge is 1.97. The standard InChI is InChI=1S/C10H5S/c1-2-8-4-3-5-9-6-7-11-10(8)9/h1,3-6H. The van der Waals surface area contributed by atoms with Crippen LogP contribution in [0.1, 0.15) is 5.56 Å². The van der Waals surface area contributed by atoms with Crippen LogP contribution in [0.15, 0.2) is 24.3 Å². The molecule has 0 atom stereocenters. The van der Waals surface area contributed by atoms with Crippen molar-refractivity contribution >= 4 is 21.4 Å². The maximum absolute atomic E-state index is 5.32. The molecule has 2 aromatic rings. The van der Waals surface area contributed by atoms with Crippen LogP contribution in [0.3, 0.4) is 0 Å². The largest absolute Gasteiger partial charge is 0.133 e. The molecule has 0 unspecified atom stereocenters. The number of hydrogen-bond acceptors (Lipinski definition) is 1. The molecule has 0 aliphatic rings. The lowest BCUT2D eigenvalue weighted by Crippen LogP contribution is -1.70. The fourth-order valence-electron chi connectivity index (χ4n) is 1.05. The van der Waals surface area contributed by atoms with Gasteiger partial charge in [0, 0.05) is 10.9 Å². The lowest BCUT2D eigenvalue weighted by molar-refractivity contribution is 1.79. The third kappa shape index (κ3) is 0.923. The first kappa shape index (κ1) is 6.45. The number of hydrogen-bond donors (Lipinski definition) is 0. The molecule has 0 bridgehead atoms. The molecule has 1 heteroatoms. The molecule has 1 radical (unpaired) electrons. The highest BCUT2D eigenvalue weighted by Crippen LogP contribution is 2.23. The van der Waals surface area contributed by atoms with Crippen molar-refractivity contribution in [2.45, 2.75) is 0 Å². The van der Waals surface area contributed by atoms with Crippen LogP contribution >= 0.6 is 11.3 Å². The van der Waals surface area contributed by atoms with Crippen LogP contribution in [0, 0.1) is 17.7 Å². The van der Waals surface area contributed by atoms with Crippen molar-refractivity contribution in [1.82, 2.24) is 0 Å². The SMILES string of the molecule is C#Cc1cccc2c[c]sc12. The normalized spacial score (nSPS) is 9.73. The molecular formula is C10H5S. The van der Waals surface area contributed by atoms with Gasteiger partial charge in [0.1, 0.15) is 0 Å². The molecule has 0 spiro atoms. The van der Waals surface area contributed by atoms with E-state index in [2.05, 4.69) is 11.3 Å². The Balaban J connectivity index is 2.92. The monoisotopic (exact) mass is 157 g/mol. The molecule has 51 valence electrons. The predicted octanol–water partition coefficient (Wildman–Crippen LogP) is 2.68. The fourth-order valence-corrected chi connectivity index (χ4v) is 1.83. The van der Waals surface area contributed by atoms with Crippen molar-refractivity contribution in [3.63, 3.8) is 0 Å². The quantitative estimate of drug-likeness (QED) is 0.516. The van der Waals surface area contributed by atoms with Crippen LogP contribution in [0.5, 0.6) is 0 Å². The van der Waals surface area contributed by atoms with Crippen LogP contribution in [0.2, 0.25) is 0 Å². The third-order valence-corrected chi connectivity index (χ3v) is 2.47. The number of rotatable bonds is 0. The summed E-state index contributed by atoms with van der Waals surface area (Å²) in [5.74, 6) is 2.65. The minimum Gasteiger partial charge on any atom is -0.133 e. The predicted molar refractivity (Wildman–Crippen MR) is 48.6 cm³/mol. The molecule has 0 saturated heterocycles. The van der Waals surface area contributed by atoms with Crippen LogP contribution in [0.25, 0.3) is 10.1 Å². The van der Waals surface area contributed by atoms with E-state index in [0.29, 0.717) is 0 Å². The van der Waals surface area contributed by atoms with Crippen molar-refractivity contribution in [2.75, 3.05) is 0 Å². The Kier molecular flexibility index (Phi) is 1.41. The van der Waals surface area contributed by atoms with Gasteiger partial charge in [0.15, 0.2) is 0 Å². The van der Waals surface area contributed by atoms with E-state index in [-0.39, 0.29) is 0 Å². The summed E-state index contributed by atoms with van der Waals surface area (Å²) in [6.07, 6.45) is 5.32. The molecule has 11 heavy (non-hydrogen) atoms. The number of thiophene rings is 1. The van der Waals surface area contributed by atoms with Gasteiger partial charge in [-0.1, -0.05) is 18.1 Å². The molecule has 0 aliphatic carbocycles. The minimum absolute atomic E-state index is 0.966. The van der Waals surface area contributed by atoms with Gasteiger partial charge in [-0.25, -0.2) is 0 Å². The van der Waals surface area contributed by atoms with Crippen molar-refractivity contribution in [3.8, 4) is 12.3 Å². The van der Waals surface area contributed by atoms with Crippen molar-refractivity contribution < 1.29 is 0 Å². The molecule has 0 nitrogen and oxygen atoms in total. The molecular weight excluding hydrogens is 152 g/mol. The van der Waals surface area contributed by atoms with Gasteiger partial charge in [-0.15, -0.1) is 17.8 Å². The van der Waals surface area contributed by atoms with E-state index in [1.165, 1.54) is 5.39 Å². The molecule has 0 N–H and O–H groups in total. The molecule has 0 aliphatic heterocycles. The van der Waals surface area contributed by atoms with Gasteiger partial charge in [-0.3, -0.25) is 0 Å². The Morgan fingerprint density at radius 2 is 2.36 bits per heavy atom. The van der Waals surface area contributed by atoms with Gasteiger partial charge < -0.3 is 0 Å². The van der Waals surface area contributed by atoms with Crippen LogP contribution in [0.4, 0.5) is 0 Å². The van der Waals surface area contributed by atoms with E-state index in [9.17, 15) is 0 Å². The van der Waals surface area contributed by atoms with E-state index < -0.39 is 0 Å². The van der Waals surface area contributed by atoms with E-state index in [1.54, 1.807) is 11.3 Å². The van der Waals surface area contributed by atoms with E-state index in [4.69, 9.17) is 6.42 Å². The first-order valence-corrected chi connectivity index (χ1v) is 4.08. The Morgan fingerprint density at radius 3 is 3.18 bits per heavy atom. The summed E-state index contributed by atoms with van der Waals surface area (Å²) >= 11 is 1.57. The molecule has 0 saturated carbocycles. The Bertz CT molecular complexity index is 418. The van der Waals surface area contributed by atoms with E-state index in [1.807, 2.05) is 24.3 Å². The second-order valence-corrected chi connectivity index (χ2v) is 3.08. The zero-order chi connectivity index (χ0) is 7.68. The summed E-state index contributed by atoms with van der Waals surface area (Å²) in [6, 6.07) is 7.93. The van der Waals surface area contributed by atoms with Gasteiger partial charge in [-0.05, 0) is 17.5 Å². The second-order valence-electron chi connectivity index (χ2n) is 2.23. The first-order chi connectivity index (χ1) is 5.42. The van der Waals surface area contributed by atoms with Gasteiger partial charge in [0.05, 0.1) is 4.70 Å². The topological polar surface area (TPSA) is 0 Å². The summed E-state index contributed by atoms with van der Waals surface area (Å²) in [5, 5.41) is 4.24. The van der Waals surface area contributed by atoms with E-state index >= 15 is 0 Å². The van der Waals surface area contributed by atoms with E-state index in [0.717, 1.165) is 10.3 Å². The molecule has 2 rings (SSSR count). The highest BCUT2D eigenvalue weighted by molar-refractivity contribution is 7.17. The lowest BCUT2D eigenvalue weighted by atomic mass is 10.2. The number of fused-ring (bicyclic) bond motifs is 1. The average Bonchev–Trinajstić information content (AvgIpc) is 2.50. The van der Waals surface area contributed by atoms with Gasteiger partial charge >= 0.3 is 0 Å². The van der Waals surface area contributed by atoms with Gasteiger partial charge in [-0.2, -0.15) is 0 Å². The van der Waals surface area contributed by atoms with Crippen molar-refractivity contribution in [3.05, 3.63) is 35.2 Å². The number of terminal acetylenes is 1. The highest BCUT2D eigenvalue weighted by atomic mass is 32.1. The number of benzene rings is 1. The Labute approximate surface area is 69.5 Å². The molecule has 1 aromatic carbocycles. The van der Waals surface area contributed by atoms with Crippen LogP contribution < -0.4 is 0 Å². The maximum atomic E-state index is 5.32. The third-order valence-electron chi connectivity index (χ3n) is 1.58. The Morgan fingerprint density at radius 1 is 1.45 bits per heavy atom. The van der Waals surface area contributed by atoms with Gasteiger partial charge in [0.25, 0.3) is 0 Å². The zero-order valence-electron chi connectivity index (χ0n) is 5.79. The lowest BCUT2D eigenvalue weighted by Gasteiger charge is -1.90.